The Hall–Kier alpha value is -1.29. The molecule has 0 saturated heterocycles. The Morgan fingerprint density at radius 3 is 3.06 bits per heavy atom. The molecule has 1 rings (SSSR count). The highest BCUT2D eigenvalue weighted by molar-refractivity contribution is 5.49. The average Bonchev–Trinajstić information content (AvgIpc) is 2.35. The number of rotatable bonds is 8. The van der Waals surface area contributed by atoms with Crippen LogP contribution in [0.25, 0.3) is 0 Å². The normalized spacial score (nSPS) is 12.2. The van der Waals surface area contributed by atoms with Gasteiger partial charge in [-0.15, -0.1) is 0 Å². The summed E-state index contributed by atoms with van der Waals surface area (Å²) in [6.45, 7) is 5.08. The van der Waals surface area contributed by atoms with Crippen molar-refractivity contribution >= 4 is 5.82 Å². The van der Waals surface area contributed by atoms with Gasteiger partial charge in [-0.3, -0.25) is 0 Å². The maximum atomic E-state index is 8.78. The van der Waals surface area contributed by atoms with E-state index < -0.39 is 0 Å². The molecule has 1 aromatic heterocycles. The van der Waals surface area contributed by atoms with Gasteiger partial charge in [-0.25, -0.2) is 4.98 Å². The van der Waals surface area contributed by atoms with E-state index in [1.807, 2.05) is 12.1 Å². The fraction of sp³-hybridized carbons (Fsp3) is 0.615. The van der Waals surface area contributed by atoms with Crippen LogP contribution in [-0.4, -0.2) is 29.3 Å². The first kappa shape index (κ1) is 13.8. The molecule has 0 aliphatic heterocycles. The summed E-state index contributed by atoms with van der Waals surface area (Å²) in [5.41, 5.74) is 0. The van der Waals surface area contributed by atoms with Gasteiger partial charge in [-0.1, -0.05) is 6.92 Å². The van der Waals surface area contributed by atoms with E-state index in [0.717, 1.165) is 30.8 Å². The Kier molecular flexibility index (Phi) is 6.40. The van der Waals surface area contributed by atoms with Crippen LogP contribution in [0.4, 0.5) is 5.82 Å². The summed E-state index contributed by atoms with van der Waals surface area (Å²) in [4.78, 5) is 4.28. The predicted octanol–water partition coefficient (Wildman–Crippen LogP) is 2.44. The van der Waals surface area contributed by atoms with Gasteiger partial charge in [-0.2, -0.15) is 0 Å². The maximum absolute atomic E-state index is 8.78. The molecule has 0 spiro atoms. The van der Waals surface area contributed by atoms with Crippen molar-refractivity contribution in [1.82, 2.24) is 4.98 Å². The lowest BCUT2D eigenvalue weighted by atomic mass is 10.2. The van der Waals surface area contributed by atoms with Crippen LogP contribution in [0, 0.1) is 0 Å². The lowest BCUT2D eigenvalue weighted by Crippen LogP contribution is -2.17. The third-order valence-electron chi connectivity index (χ3n) is 2.41. The summed E-state index contributed by atoms with van der Waals surface area (Å²) >= 11 is 0. The first-order chi connectivity index (χ1) is 8.27. The molecule has 1 aromatic rings. The van der Waals surface area contributed by atoms with Crippen LogP contribution in [0.5, 0.6) is 5.75 Å². The van der Waals surface area contributed by atoms with Crippen molar-refractivity contribution in [3.8, 4) is 5.75 Å². The number of aromatic nitrogens is 1. The van der Waals surface area contributed by atoms with Gasteiger partial charge in [0, 0.05) is 18.8 Å². The van der Waals surface area contributed by atoms with E-state index >= 15 is 0 Å². The number of hydrogen-bond donors (Lipinski definition) is 2. The monoisotopic (exact) mass is 238 g/mol. The third kappa shape index (κ3) is 5.04. The van der Waals surface area contributed by atoms with Gasteiger partial charge in [0.25, 0.3) is 0 Å². The van der Waals surface area contributed by atoms with Crippen LogP contribution in [0.15, 0.2) is 18.3 Å². The molecule has 17 heavy (non-hydrogen) atoms. The zero-order chi connectivity index (χ0) is 12.5. The van der Waals surface area contributed by atoms with Crippen LogP contribution in [0.1, 0.15) is 33.1 Å². The third-order valence-corrected chi connectivity index (χ3v) is 2.41. The number of anilines is 1. The molecule has 0 saturated carbocycles. The maximum Gasteiger partial charge on any atom is 0.168 e. The quantitative estimate of drug-likeness (QED) is 0.730. The molecule has 0 fully saturated rings. The van der Waals surface area contributed by atoms with Crippen LogP contribution in [-0.2, 0) is 0 Å². The van der Waals surface area contributed by atoms with E-state index in [1.54, 1.807) is 6.20 Å². The number of nitrogens with one attached hydrogen (secondary N) is 1. The van der Waals surface area contributed by atoms with Gasteiger partial charge in [-0.05, 0) is 38.3 Å². The van der Waals surface area contributed by atoms with Crippen molar-refractivity contribution in [3.63, 3.8) is 0 Å². The molecule has 1 atom stereocenters. The molecule has 1 heterocycles. The Bertz CT molecular complexity index is 318. The van der Waals surface area contributed by atoms with Crippen LogP contribution >= 0.6 is 0 Å². The Morgan fingerprint density at radius 1 is 1.53 bits per heavy atom. The predicted molar refractivity (Wildman–Crippen MR) is 69.4 cm³/mol. The number of nitrogens with zero attached hydrogens (tertiary/aromatic N) is 1. The van der Waals surface area contributed by atoms with Crippen molar-refractivity contribution in [2.75, 3.05) is 18.5 Å². The second-order valence-electron chi connectivity index (χ2n) is 4.11. The lowest BCUT2D eigenvalue weighted by Gasteiger charge is -2.16. The molecule has 4 heteroatoms. The number of pyridine rings is 1. The summed E-state index contributed by atoms with van der Waals surface area (Å²) in [5.74, 6) is 1.58. The smallest absolute Gasteiger partial charge is 0.168 e. The number of hydrogen-bond acceptors (Lipinski definition) is 4. The van der Waals surface area contributed by atoms with Gasteiger partial charge in [0.15, 0.2) is 11.6 Å². The topological polar surface area (TPSA) is 54.4 Å². The minimum absolute atomic E-state index is 0.230. The minimum Gasteiger partial charge on any atom is -0.490 e. The molecule has 0 bridgehead atoms. The highest BCUT2D eigenvalue weighted by atomic mass is 16.5. The largest absolute Gasteiger partial charge is 0.490 e. The number of aliphatic hydroxyl groups excluding tert-OH is 1. The Labute approximate surface area is 103 Å². The molecule has 0 aliphatic carbocycles. The Balaban J connectivity index is 2.56. The van der Waals surface area contributed by atoms with Crippen LogP contribution in [0.3, 0.4) is 0 Å². The lowest BCUT2D eigenvalue weighted by molar-refractivity contribution is 0.282. The van der Waals surface area contributed by atoms with Gasteiger partial charge < -0.3 is 15.2 Å². The summed E-state index contributed by atoms with van der Waals surface area (Å²) < 4.78 is 5.62. The van der Waals surface area contributed by atoms with Crippen molar-refractivity contribution in [2.24, 2.45) is 0 Å². The first-order valence-electron chi connectivity index (χ1n) is 6.23. The standard InChI is InChI=1S/C13H22N2O2/c1-3-10-17-12-7-4-8-14-13(12)15-11(2)6-5-9-16/h4,7-8,11,16H,3,5-6,9-10H2,1-2H3,(H,14,15). The summed E-state index contributed by atoms with van der Waals surface area (Å²) in [5, 5.41) is 12.1. The van der Waals surface area contributed by atoms with E-state index in [0.29, 0.717) is 6.61 Å². The average molecular weight is 238 g/mol. The molecule has 0 aliphatic rings. The Morgan fingerprint density at radius 2 is 2.35 bits per heavy atom. The number of aliphatic hydroxyl groups is 1. The number of ether oxygens (including phenoxy) is 1. The van der Waals surface area contributed by atoms with Crippen molar-refractivity contribution < 1.29 is 9.84 Å². The molecule has 96 valence electrons. The van der Waals surface area contributed by atoms with Crippen molar-refractivity contribution in [1.29, 1.82) is 0 Å². The van der Waals surface area contributed by atoms with E-state index in [9.17, 15) is 0 Å². The molecule has 4 nitrogen and oxygen atoms in total. The zero-order valence-electron chi connectivity index (χ0n) is 10.6. The fourth-order valence-corrected chi connectivity index (χ4v) is 1.53. The summed E-state index contributed by atoms with van der Waals surface area (Å²) in [6.07, 6.45) is 4.45. The molecule has 2 N–H and O–H groups in total. The minimum atomic E-state index is 0.230. The SMILES string of the molecule is CCCOc1cccnc1NC(C)CCCO. The zero-order valence-corrected chi connectivity index (χ0v) is 10.6. The highest BCUT2D eigenvalue weighted by Gasteiger charge is 2.07. The van der Waals surface area contributed by atoms with Gasteiger partial charge in [0.05, 0.1) is 6.61 Å². The van der Waals surface area contributed by atoms with Gasteiger partial charge >= 0.3 is 0 Å². The second kappa shape index (κ2) is 7.90. The van der Waals surface area contributed by atoms with E-state index in [1.165, 1.54) is 0 Å². The molecular formula is C13H22N2O2. The van der Waals surface area contributed by atoms with E-state index in [4.69, 9.17) is 9.84 Å². The highest BCUT2D eigenvalue weighted by Crippen LogP contribution is 2.22. The summed E-state index contributed by atoms with van der Waals surface area (Å²) in [7, 11) is 0. The van der Waals surface area contributed by atoms with Crippen molar-refractivity contribution in [3.05, 3.63) is 18.3 Å². The molecule has 1 unspecified atom stereocenters. The molecule has 0 aromatic carbocycles. The van der Waals surface area contributed by atoms with Crippen molar-refractivity contribution in [2.45, 2.75) is 39.2 Å². The van der Waals surface area contributed by atoms with Crippen LogP contribution < -0.4 is 10.1 Å². The molecular weight excluding hydrogens is 216 g/mol. The summed E-state index contributed by atoms with van der Waals surface area (Å²) in [6, 6.07) is 4.07. The van der Waals surface area contributed by atoms with E-state index in [-0.39, 0.29) is 12.6 Å². The molecule has 0 radical (unpaired) electrons. The van der Waals surface area contributed by atoms with E-state index in [2.05, 4.69) is 24.1 Å². The molecule has 0 amide bonds. The van der Waals surface area contributed by atoms with Gasteiger partial charge in [0.1, 0.15) is 0 Å². The first-order valence-corrected chi connectivity index (χ1v) is 6.23. The van der Waals surface area contributed by atoms with Gasteiger partial charge in [0.2, 0.25) is 0 Å². The van der Waals surface area contributed by atoms with Crippen LogP contribution in [0.2, 0.25) is 0 Å². The second-order valence-corrected chi connectivity index (χ2v) is 4.11. The fourth-order valence-electron chi connectivity index (χ4n) is 1.53.